The number of benzene rings is 2. The fourth-order valence-electron chi connectivity index (χ4n) is 2.16. The van der Waals surface area contributed by atoms with Gasteiger partial charge in [-0.3, -0.25) is 0 Å². The maximum atomic E-state index is 9.94. The van der Waals surface area contributed by atoms with Crippen molar-refractivity contribution in [3.05, 3.63) is 53.6 Å². The van der Waals surface area contributed by atoms with Gasteiger partial charge < -0.3 is 15.2 Å². The second-order valence-corrected chi connectivity index (χ2v) is 4.89. The maximum absolute atomic E-state index is 9.94. The molecular weight excluding hydrogens is 250 g/mol. The predicted molar refractivity (Wildman–Crippen MR) is 82.5 cm³/mol. The quantitative estimate of drug-likeness (QED) is 0.853. The Bertz CT molecular complexity index is 564. The van der Waals surface area contributed by atoms with Gasteiger partial charge in [-0.1, -0.05) is 17.7 Å². The van der Waals surface area contributed by atoms with E-state index in [0.29, 0.717) is 12.4 Å². The molecule has 2 rings (SSSR count). The smallest absolute Gasteiger partial charge is 0.120 e. The van der Waals surface area contributed by atoms with E-state index in [-0.39, 0.29) is 6.04 Å². The number of ether oxygens (including phenoxy) is 1. The van der Waals surface area contributed by atoms with Crippen LogP contribution in [0.1, 0.15) is 31.0 Å². The summed E-state index contributed by atoms with van der Waals surface area (Å²) in [6, 6.07) is 13.5. The summed E-state index contributed by atoms with van der Waals surface area (Å²) in [5, 5.41) is 13.3. The third-order valence-electron chi connectivity index (χ3n) is 3.20. The molecule has 0 amide bonds. The number of aryl methyl sites for hydroxylation is 1. The highest BCUT2D eigenvalue weighted by atomic mass is 16.5. The van der Waals surface area contributed by atoms with Crippen molar-refractivity contribution in [3.63, 3.8) is 0 Å². The minimum Gasteiger partial charge on any atom is -0.508 e. The van der Waals surface area contributed by atoms with Crippen LogP contribution < -0.4 is 10.1 Å². The van der Waals surface area contributed by atoms with E-state index in [1.165, 1.54) is 0 Å². The first-order chi connectivity index (χ1) is 9.60. The summed E-state index contributed by atoms with van der Waals surface area (Å²) in [6.07, 6.45) is 0. The van der Waals surface area contributed by atoms with Crippen molar-refractivity contribution in [2.24, 2.45) is 0 Å². The molecule has 0 spiro atoms. The van der Waals surface area contributed by atoms with Crippen molar-refractivity contribution in [2.75, 3.05) is 11.9 Å². The Hall–Kier alpha value is -2.16. The number of phenolic OH excluding ortho intramolecular Hbond substituents is 1. The zero-order valence-corrected chi connectivity index (χ0v) is 12.2. The summed E-state index contributed by atoms with van der Waals surface area (Å²) in [5.41, 5.74) is 3.04. The fourth-order valence-corrected chi connectivity index (χ4v) is 2.16. The number of hydrogen-bond acceptors (Lipinski definition) is 3. The molecule has 0 saturated heterocycles. The van der Waals surface area contributed by atoms with E-state index in [9.17, 15) is 5.11 Å². The second kappa shape index (κ2) is 6.33. The lowest BCUT2D eigenvalue weighted by atomic mass is 10.0. The van der Waals surface area contributed by atoms with Gasteiger partial charge in [-0.2, -0.15) is 0 Å². The number of rotatable bonds is 5. The molecule has 0 radical (unpaired) electrons. The molecule has 1 unspecified atom stereocenters. The standard InChI is InChI=1S/C17H21NO2/c1-4-20-15-8-6-14(7-9-15)18-13(3)16-11-12(2)5-10-17(16)19/h5-11,13,18-19H,4H2,1-3H3. The zero-order valence-electron chi connectivity index (χ0n) is 12.2. The topological polar surface area (TPSA) is 41.5 Å². The van der Waals surface area contributed by atoms with Gasteiger partial charge >= 0.3 is 0 Å². The van der Waals surface area contributed by atoms with Gasteiger partial charge in [0.05, 0.1) is 12.6 Å². The van der Waals surface area contributed by atoms with Crippen LogP contribution in [-0.2, 0) is 0 Å². The summed E-state index contributed by atoms with van der Waals surface area (Å²) in [7, 11) is 0. The van der Waals surface area contributed by atoms with Crippen molar-refractivity contribution in [2.45, 2.75) is 26.8 Å². The highest BCUT2D eigenvalue weighted by molar-refractivity contribution is 5.50. The Morgan fingerprint density at radius 1 is 1.15 bits per heavy atom. The Balaban J connectivity index is 2.10. The molecule has 3 nitrogen and oxygen atoms in total. The van der Waals surface area contributed by atoms with E-state index in [0.717, 1.165) is 22.6 Å². The Labute approximate surface area is 120 Å². The van der Waals surface area contributed by atoms with Crippen LogP contribution in [0.5, 0.6) is 11.5 Å². The van der Waals surface area contributed by atoms with E-state index in [1.54, 1.807) is 6.07 Å². The summed E-state index contributed by atoms with van der Waals surface area (Å²) >= 11 is 0. The van der Waals surface area contributed by atoms with Gasteiger partial charge in [0.2, 0.25) is 0 Å². The van der Waals surface area contributed by atoms with Gasteiger partial charge in [0.15, 0.2) is 0 Å². The molecule has 2 aromatic rings. The molecular formula is C17H21NO2. The van der Waals surface area contributed by atoms with Crippen LogP contribution in [0, 0.1) is 6.92 Å². The SMILES string of the molecule is CCOc1ccc(NC(C)c2cc(C)ccc2O)cc1. The zero-order chi connectivity index (χ0) is 14.5. The van der Waals surface area contributed by atoms with E-state index in [2.05, 4.69) is 5.32 Å². The van der Waals surface area contributed by atoms with Crippen molar-refractivity contribution in [3.8, 4) is 11.5 Å². The van der Waals surface area contributed by atoms with Crippen LogP contribution in [0.15, 0.2) is 42.5 Å². The molecule has 0 saturated carbocycles. The minimum atomic E-state index is 0.0350. The molecule has 0 aliphatic heterocycles. The molecule has 0 aromatic heterocycles. The molecule has 106 valence electrons. The predicted octanol–water partition coefficient (Wildman–Crippen LogP) is 4.27. The lowest BCUT2D eigenvalue weighted by molar-refractivity contribution is 0.340. The molecule has 0 fully saturated rings. The maximum Gasteiger partial charge on any atom is 0.120 e. The van der Waals surface area contributed by atoms with Gasteiger partial charge in [0.1, 0.15) is 11.5 Å². The van der Waals surface area contributed by atoms with Gasteiger partial charge in [0.25, 0.3) is 0 Å². The van der Waals surface area contributed by atoms with Crippen LogP contribution in [0.4, 0.5) is 5.69 Å². The average molecular weight is 271 g/mol. The molecule has 0 aliphatic rings. The Morgan fingerprint density at radius 2 is 1.85 bits per heavy atom. The first-order valence-electron chi connectivity index (χ1n) is 6.89. The van der Waals surface area contributed by atoms with E-state index in [4.69, 9.17) is 4.74 Å². The van der Waals surface area contributed by atoms with Crippen LogP contribution >= 0.6 is 0 Å². The van der Waals surface area contributed by atoms with Crippen molar-refractivity contribution in [1.29, 1.82) is 0 Å². The van der Waals surface area contributed by atoms with Crippen LogP contribution in [0.25, 0.3) is 0 Å². The van der Waals surface area contributed by atoms with E-state index < -0.39 is 0 Å². The van der Waals surface area contributed by atoms with Gasteiger partial charge in [-0.25, -0.2) is 0 Å². The summed E-state index contributed by atoms with van der Waals surface area (Å²) in [5.74, 6) is 1.19. The summed E-state index contributed by atoms with van der Waals surface area (Å²) in [6.45, 7) is 6.69. The van der Waals surface area contributed by atoms with Crippen molar-refractivity contribution in [1.82, 2.24) is 0 Å². The van der Waals surface area contributed by atoms with E-state index >= 15 is 0 Å². The summed E-state index contributed by atoms with van der Waals surface area (Å²) < 4.78 is 5.42. The molecule has 20 heavy (non-hydrogen) atoms. The number of hydrogen-bond donors (Lipinski definition) is 2. The Morgan fingerprint density at radius 3 is 2.50 bits per heavy atom. The first kappa shape index (κ1) is 14.3. The molecule has 0 bridgehead atoms. The Kier molecular flexibility index (Phi) is 4.51. The largest absolute Gasteiger partial charge is 0.508 e. The van der Waals surface area contributed by atoms with E-state index in [1.807, 2.05) is 57.2 Å². The number of phenols is 1. The molecule has 3 heteroatoms. The van der Waals surface area contributed by atoms with Crippen molar-refractivity contribution < 1.29 is 9.84 Å². The average Bonchev–Trinajstić information content (AvgIpc) is 2.44. The highest BCUT2D eigenvalue weighted by Crippen LogP contribution is 2.28. The molecule has 2 N–H and O–H groups in total. The fraction of sp³-hybridized carbons (Fsp3) is 0.294. The first-order valence-corrected chi connectivity index (χ1v) is 6.89. The monoisotopic (exact) mass is 271 g/mol. The highest BCUT2D eigenvalue weighted by Gasteiger charge is 2.10. The second-order valence-electron chi connectivity index (χ2n) is 4.89. The number of aromatic hydroxyl groups is 1. The molecule has 0 aliphatic carbocycles. The van der Waals surface area contributed by atoms with Crippen molar-refractivity contribution >= 4 is 5.69 Å². The normalized spacial score (nSPS) is 11.9. The van der Waals surface area contributed by atoms with Gasteiger partial charge in [-0.15, -0.1) is 0 Å². The number of nitrogens with one attached hydrogen (secondary N) is 1. The van der Waals surface area contributed by atoms with Crippen LogP contribution in [-0.4, -0.2) is 11.7 Å². The van der Waals surface area contributed by atoms with Gasteiger partial charge in [-0.05, 0) is 51.1 Å². The number of anilines is 1. The van der Waals surface area contributed by atoms with Gasteiger partial charge in [0, 0.05) is 11.3 Å². The molecule has 1 atom stereocenters. The van der Waals surface area contributed by atoms with Crippen LogP contribution in [0.3, 0.4) is 0 Å². The molecule has 0 heterocycles. The summed E-state index contributed by atoms with van der Waals surface area (Å²) in [4.78, 5) is 0. The third kappa shape index (κ3) is 3.44. The minimum absolute atomic E-state index is 0.0350. The van der Waals surface area contributed by atoms with Crippen LogP contribution in [0.2, 0.25) is 0 Å². The third-order valence-corrected chi connectivity index (χ3v) is 3.20. The lowest BCUT2D eigenvalue weighted by Crippen LogP contribution is -2.07. The lowest BCUT2D eigenvalue weighted by Gasteiger charge is -2.17. The molecule has 2 aromatic carbocycles.